The Morgan fingerprint density at radius 1 is 1.41 bits per heavy atom. The van der Waals surface area contributed by atoms with Crippen molar-refractivity contribution in [3.8, 4) is 5.75 Å². The zero-order chi connectivity index (χ0) is 13.0. The molecule has 0 aliphatic carbocycles. The average Bonchev–Trinajstić information content (AvgIpc) is 2.21. The first kappa shape index (κ1) is 12.8. The third-order valence-electron chi connectivity index (χ3n) is 1.77. The largest absolute Gasteiger partial charge is 0.490 e. The van der Waals surface area contributed by atoms with E-state index < -0.39 is 40.4 Å². The maximum absolute atomic E-state index is 13.2. The molecule has 0 bridgehead atoms. The summed E-state index contributed by atoms with van der Waals surface area (Å²) in [6, 6.07) is 0.890. The lowest BCUT2D eigenvalue weighted by molar-refractivity contribution is -0.387. The lowest BCUT2D eigenvalue weighted by Gasteiger charge is -2.05. The average molecular weight is 247 g/mol. The molecule has 0 saturated heterocycles. The van der Waals surface area contributed by atoms with Gasteiger partial charge in [0, 0.05) is 6.07 Å². The highest BCUT2D eigenvalue weighted by Gasteiger charge is 2.19. The molecule has 0 saturated carbocycles. The SMILES string of the molecule is O=C(O)CCOc1cc(F)c([N+](=O)[O-])cc1F. The van der Waals surface area contributed by atoms with E-state index in [0.29, 0.717) is 12.1 Å². The van der Waals surface area contributed by atoms with Gasteiger partial charge in [0.2, 0.25) is 5.82 Å². The molecule has 1 rings (SSSR count). The maximum Gasteiger partial charge on any atom is 0.307 e. The van der Waals surface area contributed by atoms with Crippen LogP contribution in [-0.2, 0) is 4.79 Å². The van der Waals surface area contributed by atoms with E-state index in [1.165, 1.54) is 0 Å². The summed E-state index contributed by atoms with van der Waals surface area (Å²) in [5, 5.41) is 18.6. The summed E-state index contributed by atoms with van der Waals surface area (Å²) in [6.45, 7) is -0.358. The van der Waals surface area contributed by atoms with Crippen LogP contribution in [0.2, 0.25) is 0 Å². The number of nitro benzene ring substituents is 1. The van der Waals surface area contributed by atoms with Gasteiger partial charge >= 0.3 is 11.7 Å². The first-order chi connectivity index (χ1) is 7.91. The van der Waals surface area contributed by atoms with Gasteiger partial charge in [0.1, 0.15) is 0 Å². The Kier molecular flexibility index (Phi) is 3.91. The predicted octanol–water partition coefficient (Wildman–Crippen LogP) is 1.73. The van der Waals surface area contributed by atoms with Gasteiger partial charge in [0.05, 0.1) is 24.0 Å². The van der Waals surface area contributed by atoms with E-state index in [2.05, 4.69) is 4.74 Å². The summed E-state index contributed by atoms with van der Waals surface area (Å²) in [5.74, 6) is -4.09. The van der Waals surface area contributed by atoms with Gasteiger partial charge in [-0.15, -0.1) is 0 Å². The van der Waals surface area contributed by atoms with Gasteiger partial charge in [-0.25, -0.2) is 4.39 Å². The van der Waals surface area contributed by atoms with Crippen LogP contribution in [0, 0.1) is 21.7 Å². The van der Waals surface area contributed by atoms with Crippen molar-refractivity contribution in [2.75, 3.05) is 6.61 Å². The Morgan fingerprint density at radius 3 is 2.59 bits per heavy atom. The molecule has 0 amide bonds. The van der Waals surface area contributed by atoms with Gasteiger partial charge in [-0.1, -0.05) is 0 Å². The molecule has 92 valence electrons. The van der Waals surface area contributed by atoms with E-state index in [0.717, 1.165) is 0 Å². The third-order valence-corrected chi connectivity index (χ3v) is 1.77. The van der Waals surface area contributed by atoms with Gasteiger partial charge in [-0.2, -0.15) is 4.39 Å². The summed E-state index contributed by atoms with van der Waals surface area (Å²) in [5.41, 5.74) is -1.01. The monoisotopic (exact) mass is 247 g/mol. The fraction of sp³-hybridized carbons (Fsp3) is 0.222. The van der Waals surface area contributed by atoms with Gasteiger partial charge in [0.15, 0.2) is 11.6 Å². The predicted molar refractivity (Wildman–Crippen MR) is 50.8 cm³/mol. The van der Waals surface area contributed by atoms with Crippen molar-refractivity contribution in [3.05, 3.63) is 33.9 Å². The van der Waals surface area contributed by atoms with Crippen LogP contribution < -0.4 is 4.74 Å². The van der Waals surface area contributed by atoms with E-state index in [1.54, 1.807) is 0 Å². The minimum absolute atomic E-state index is 0.358. The molecule has 6 nitrogen and oxygen atoms in total. The molecule has 0 aliphatic heterocycles. The number of rotatable bonds is 5. The highest BCUT2D eigenvalue weighted by atomic mass is 19.1. The molecule has 1 aromatic carbocycles. The van der Waals surface area contributed by atoms with Crippen molar-refractivity contribution >= 4 is 11.7 Å². The molecular weight excluding hydrogens is 240 g/mol. The Labute approximate surface area is 93.6 Å². The van der Waals surface area contributed by atoms with Gasteiger partial charge in [-0.3, -0.25) is 14.9 Å². The Morgan fingerprint density at radius 2 is 2.06 bits per heavy atom. The number of hydrogen-bond acceptors (Lipinski definition) is 4. The van der Waals surface area contributed by atoms with Crippen molar-refractivity contribution < 1.29 is 28.3 Å². The van der Waals surface area contributed by atoms with E-state index in [-0.39, 0.29) is 6.61 Å². The topological polar surface area (TPSA) is 89.7 Å². The normalized spacial score (nSPS) is 10.0. The van der Waals surface area contributed by atoms with Crippen LogP contribution in [0.1, 0.15) is 6.42 Å². The van der Waals surface area contributed by atoms with Gasteiger partial charge < -0.3 is 9.84 Å². The lowest BCUT2D eigenvalue weighted by Crippen LogP contribution is -2.06. The number of carbonyl (C=O) groups is 1. The van der Waals surface area contributed by atoms with Crippen LogP contribution in [0.5, 0.6) is 5.75 Å². The van der Waals surface area contributed by atoms with Crippen LogP contribution in [0.15, 0.2) is 12.1 Å². The molecule has 0 fully saturated rings. The zero-order valence-electron chi connectivity index (χ0n) is 8.35. The number of ether oxygens (including phenoxy) is 1. The van der Waals surface area contributed by atoms with Crippen molar-refractivity contribution in [2.45, 2.75) is 6.42 Å². The Bertz CT molecular complexity index is 463. The molecule has 8 heteroatoms. The summed E-state index contributed by atoms with van der Waals surface area (Å²) in [4.78, 5) is 19.3. The highest BCUT2D eigenvalue weighted by Crippen LogP contribution is 2.26. The van der Waals surface area contributed by atoms with E-state index >= 15 is 0 Å². The van der Waals surface area contributed by atoms with Crippen LogP contribution in [-0.4, -0.2) is 22.6 Å². The molecule has 0 spiro atoms. The van der Waals surface area contributed by atoms with E-state index in [9.17, 15) is 23.7 Å². The molecule has 0 heterocycles. The van der Waals surface area contributed by atoms with Crippen molar-refractivity contribution in [1.29, 1.82) is 0 Å². The summed E-state index contributed by atoms with van der Waals surface area (Å²) in [7, 11) is 0. The molecule has 1 N–H and O–H groups in total. The Hall–Kier alpha value is -2.25. The number of carboxylic acid groups (broad SMARTS) is 1. The molecule has 1 aromatic rings. The first-order valence-electron chi connectivity index (χ1n) is 4.40. The minimum Gasteiger partial charge on any atom is -0.490 e. The van der Waals surface area contributed by atoms with Crippen LogP contribution in [0.4, 0.5) is 14.5 Å². The van der Waals surface area contributed by atoms with Crippen LogP contribution in [0.25, 0.3) is 0 Å². The van der Waals surface area contributed by atoms with Gasteiger partial charge in [-0.05, 0) is 0 Å². The second-order valence-electron chi connectivity index (χ2n) is 2.98. The number of carboxylic acids is 1. The van der Waals surface area contributed by atoms with Gasteiger partial charge in [0.25, 0.3) is 0 Å². The summed E-state index contributed by atoms with van der Waals surface area (Å²) >= 11 is 0. The van der Waals surface area contributed by atoms with Crippen molar-refractivity contribution in [3.63, 3.8) is 0 Å². The smallest absolute Gasteiger partial charge is 0.307 e. The number of halogens is 2. The van der Waals surface area contributed by atoms with Crippen LogP contribution in [0.3, 0.4) is 0 Å². The zero-order valence-corrected chi connectivity index (χ0v) is 8.35. The quantitative estimate of drug-likeness (QED) is 0.632. The van der Waals surface area contributed by atoms with Crippen LogP contribution >= 0.6 is 0 Å². The molecule has 0 aliphatic rings. The van der Waals surface area contributed by atoms with Crippen molar-refractivity contribution in [2.24, 2.45) is 0 Å². The van der Waals surface area contributed by atoms with E-state index in [4.69, 9.17) is 5.11 Å². The van der Waals surface area contributed by atoms with E-state index in [1.807, 2.05) is 0 Å². The number of hydrogen-bond donors (Lipinski definition) is 1. The summed E-state index contributed by atoms with van der Waals surface area (Å²) in [6.07, 6.45) is -0.391. The fourth-order valence-electron chi connectivity index (χ4n) is 1.02. The molecule has 0 unspecified atom stereocenters. The fourth-order valence-corrected chi connectivity index (χ4v) is 1.02. The number of benzene rings is 1. The van der Waals surface area contributed by atoms with Crippen molar-refractivity contribution in [1.82, 2.24) is 0 Å². The number of aliphatic carboxylic acids is 1. The second kappa shape index (κ2) is 5.19. The third kappa shape index (κ3) is 3.37. The number of nitrogens with zero attached hydrogens (tertiary/aromatic N) is 1. The number of nitro groups is 1. The molecule has 0 radical (unpaired) electrons. The highest BCUT2D eigenvalue weighted by molar-refractivity contribution is 5.66. The minimum atomic E-state index is -1.25. The Balaban J connectivity index is 2.84. The second-order valence-corrected chi connectivity index (χ2v) is 2.98. The summed E-state index contributed by atoms with van der Waals surface area (Å²) < 4.78 is 30.9. The standard InChI is InChI=1S/C9H7F2NO5/c10-5-4-8(17-2-1-9(13)14)6(11)3-7(5)12(15)16/h3-4H,1-2H2,(H,13,14). The molecule has 0 aromatic heterocycles. The molecule has 0 atom stereocenters. The molecule has 17 heavy (non-hydrogen) atoms. The lowest BCUT2D eigenvalue weighted by atomic mass is 10.3. The molecular formula is C9H7F2NO5. The first-order valence-corrected chi connectivity index (χ1v) is 4.40. The maximum atomic E-state index is 13.2.